The lowest BCUT2D eigenvalue weighted by molar-refractivity contribution is -0.137. The van der Waals surface area contributed by atoms with Crippen molar-refractivity contribution in [2.24, 2.45) is 0 Å². The highest BCUT2D eigenvalue weighted by Gasteiger charge is 2.12. The molecule has 1 heterocycles. The Labute approximate surface area is 169 Å². The van der Waals surface area contributed by atoms with Crippen LogP contribution in [0.2, 0.25) is 0 Å². The number of unbranched alkanes of at least 4 members (excludes halogenated alkanes) is 3. The molecule has 0 aliphatic heterocycles. The molecule has 1 aromatic heterocycles. The van der Waals surface area contributed by atoms with Crippen LogP contribution in [0.25, 0.3) is 20.8 Å². The first-order valence-corrected chi connectivity index (χ1v) is 10.4. The molecule has 0 saturated heterocycles. The maximum absolute atomic E-state index is 11.0. The molecule has 0 fully saturated rings. The Morgan fingerprint density at radius 2 is 1.82 bits per heavy atom. The second kappa shape index (κ2) is 10.0. The van der Waals surface area contributed by atoms with E-state index in [0.717, 1.165) is 57.8 Å². The van der Waals surface area contributed by atoms with Gasteiger partial charge in [-0.05, 0) is 44.2 Å². The highest BCUT2D eigenvalue weighted by atomic mass is 32.1. The minimum atomic E-state index is -0.355. The van der Waals surface area contributed by atoms with E-state index in [2.05, 4.69) is 31.7 Å². The number of esters is 1. The topological polar surface area (TPSA) is 48.4 Å². The lowest BCUT2D eigenvalue weighted by Gasteiger charge is -2.08. The Morgan fingerprint density at radius 1 is 1.07 bits per heavy atom. The van der Waals surface area contributed by atoms with Crippen molar-refractivity contribution in [2.75, 3.05) is 13.2 Å². The van der Waals surface area contributed by atoms with E-state index < -0.39 is 0 Å². The molecule has 28 heavy (non-hydrogen) atoms. The van der Waals surface area contributed by atoms with Crippen LogP contribution < -0.4 is 4.74 Å². The Morgan fingerprint density at radius 3 is 2.57 bits per heavy atom. The van der Waals surface area contributed by atoms with Crippen LogP contribution in [-0.2, 0) is 9.53 Å². The van der Waals surface area contributed by atoms with Crippen molar-refractivity contribution in [2.45, 2.75) is 32.6 Å². The second-order valence-corrected chi connectivity index (χ2v) is 7.58. The number of ether oxygens (including phenoxy) is 2. The van der Waals surface area contributed by atoms with Crippen molar-refractivity contribution in [3.8, 4) is 16.3 Å². The molecule has 146 valence electrons. The third-order valence-corrected chi connectivity index (χ3v) is 5.56. The molecular formula is C23H25NO3S. The SMILES string of the molecule is C=CC(=O)OCCCCCCOc1ccc(C)c2nc(-c3ccccc3)sc12. The van der Waals surface area contributed by atoms with Gasteiger partial charge >= 0.3 is 5.97 Å². The molecule has 0 spiro atoms. The van der Waals surface area contributed by atoms with Crippen LogP contribution in [-0.4, -0.2) is 24.2 Å². The summed E-state index contributed by atoms with van der Waals surface area (Å²) >= 11 is 1.68. The molecule has 0 aliphatic carbocycles. The van der Waals surface area contributed by atoms with E-state index in [0.29, 0.717) is 13.2 Å². The Balaban J connectivity index is 1.54. The summed E-state index contributed by atoms with van der Waals surface area (Å²) in [6.45, 7) is 6.58. The highest BCUT2D eigenvalue weighted by molar-refractivity contribution is 7.22. The van der Waals surface area contributed by atoms with Gasteiger partial charge in [-0.3, -0.25) is 0 Å². The summed E-state index contributed by atoms with van der Waals surface area (Å²) in [6, 6.07) is 14.4. The van der Waals surface area contributed by atoms with Gasteiger partial charge in [-0.15, -0.1) is 11.3 Å². The van der Waals surface area contributed by atoms with E-state index in [1.54, 1.807) is 11.3 Å². The van der Waals surface area contributed by atoms with Gasteiger partial charge in [-0.1, -0.05) is 43.0 Å². The Kier molecular flexibility index (Phi) is 7.20. The van der Waals surface area contributed by atoms with Crippen molar-refractivity contribution in [1.29, 1.82) is 0 Å². The molecule has 0 bridgehead atoms. The number of thiazole rings is 1. The summed E-state index contributed by atoms with van der Waals surface area (Å²) in [6.07, 6.45) is 5.08. The molecule has 0 N–H and O–H groups in total. The number of hydrogen-bond acceptors (Lipinski definition) is 5. The van der Waals surface area contributed by atoms with Crippen LogP contribution in [0.15, 0.2) is 55.1 Å². The number of benzene rings is 2. The second-order valence-electron chi connectivity index (χ2n) is 6.58. The maximum atomic E-state index is 11.0. The fraction of sp³-hybridized carbons (Fsp3) is 0.304. The van der Waals surface area contributed by atoms with Crippen molar-refractivity contribution >= 4 is 27.5 Å². The number of carbonyl (C=O) groups excluding carboxylic acids is 1. The number of aromatic nitrogens is 1. The summed E-state index contributed by atoms with van der Waals surface area (Å²) < 4.78 is 12.1. The first-order valence-electron chi connectivity index (χ1n) is 9.56. The third kappa shape index (κ3) is 5.20. The molecule has 0 unspecified atom stereocenters. The van der Waals surface area contributed by atoms with Crippen LogP contribution in [0.1, 0.15) is 31.2 Å². The van der Waals surface area contributed by atoms with Crippen LogP contribution in [0.5, 0.6) is 5.75 Å². The van der Waals surface area contributed by atoms with Crippen LogP contribution in [0, 0.1) is 6.92 Å². The third-order valence-electron chi connectivity index (χ3n) is 4.44. The van der Waals surface area contributed by atoms with Crippen LogP contribution in [0.4, 0.5) is 0 Å². The Bertz CT molecular complexity index is 934. The maximum Gasteiger partial charge on any atom is 0.330 e. The zero-order valence-corrected chi connectivity index (χ0v) is 17.0. The molecule has 3 aromatic rings. The number of nitrogens with zero attached hydrogens (tertiary/aromatic N) is 1. The van der Waals surface area contributed by atoms with E-state index in [1.165, 1.54) is 6.08 Å². The van der Waals surface area contributed by atoms with E-state index in [4.69, 9.17) is 14.5 Å². The standard InChI is InChI=1S/C23H25NO3S/c1-3-20(25)27-16-10-5-4-9-15-26-19-14-13-17(2)21-22(19)28-23(24-21)18-11-7-6-8-12-18/h3,6-8,11-14H,1,4-5,9-10,15-16H2,2H3. The van der Waals surface area contributed by atoms with E-state index in [-0.39, 0.29) is 5.97 Å². The first kappa shape index (κ1) is 20.1. The first-order chi connectivity index (χ1) is 13.7. The summed E-state index contributed by atoms with van der Waals surface area (Å²) in [5.41, 5.74) is 3.31. The van der Waals surface area contributed by atoms with Gasteiger partial charge in [0.2, 0.25) is 0 Å². The predicted molar refractivity (Wildman–Crippen MR) is 115 cm³/mol. The molecule has 0 amide bonds. The van der Waals surface area contributed by atoms with Crippen molar-refractivity contribution < 1.29 is 14.3 Å². The number of carbonyl (C=O) groups is 1. The van der Waals surface area contributed by atoms with Crippen molar-refractivity contribution in [3.05, 3.63) is 60.7 Å². The Hall–Kier alpha value is -2.66. The van der Waals surface area contributed by atoms with Gasteiger partial charge in [-0.25, -0.2) is 9.78 Å². The zero-order valence-electron chi connectivity index (χ0n) is 16.1. The molecule has 3 rings (SSSR count). The predicted octanol–water partition coefficient (Wildman–Crippen LogP) is 5.94. The number of rotatable bonds is 10. The normalized spacial score (nSPS) is 10.8. The van der Waals surface area contributed by atoms with E-state index >= 15 is 0 Å². The molecule has 0 saturated carbocycles. The number of aryl methyl sites for hydroxylation is 1. The molecule has 5 heteroatoms. The summed E-state index contributed by atoms with van der Waals surface area (Å²) in [5.74, 6) is 0.548. The molecule has 2 aromatic carbocycles. The molecule has 4 nitrogen and oxygen atoms in total. The van der Waals surface area contributed by atoms with Gasteiger partial charge in [0.1, 0.15) is 10.8 Å². The summed E-state index contributed by atoms with van der Waals surface area (Å²) in [4.78, 5) is 15.8. The van der Waals surface area contributed by atoms with Gasteiger partial charge < -0.3 is 9.47 Å². The largest absolute Gasteiger partial charge is 0.492 e. The van der Waals surface area contributed by atoms with Gasteiger partial charge in [0, 0.05) is 11.6 Å². The smallest absolute Gasteiger partial charge is 0.330 e. The van der Waals surface area contributed by atoms with Gasteiger partial charge in [-0.2, -0.15) is 0 Å². The van der Waals surface area contributed by atoms with Gasteiger partial charge in [0.05, 0.1) is 23.4 Å². The molecular weight excluding hydrogens is 370 g/mol. The zero-order chi connectivity index (χ0) is 19.8. The lowest BCUT2D eigenvalue weighted by Crippen LogP contribution is -2.02. The van der Waals surface area contributed by atoms with Crippen molar-refractivity contribution in [1.82, 2.24) is 4.98 Å². The van der Waals surface area contributed by atoms with E-state index in [1.807, 2.05) is 24.3 Å². The lowest BCUT2D eigenvalue weighted by atomic mass is 10.2. The molecule has 0 aliphatic rings. The van der Waals surface area contributed by atoms with Crippen LogP contribution >= 0.6 is 11.3 Å². The van der Waals surface area contributed by atoms with E-state index in [9.17, 15) is 4.79 Å². The average Bonchev–Trinajstić information content (AvgIpc) is 3.18. The molecule has 0 atom stereocenters. The van der Waals surface area contributed by atoms with Gasteiger partial charge in [0.15, 0.2) is 0 Å². The number of hydrogen-bond donors (Lipinski definition) is 0. The minimum Gasteiger partial charge on any atom is -0.492 e. The minimum absolute atomic E-state index is 0.355. The van der Waals surface area contributed by atoms with Crippen LogP contribution in [0.3, 0.4) is 0 Å². The summed E-state index contributed by atoms with van der Waals surface area (Å²) in [5, 5.41) is 1.02. The number of fused-ring (bicyclic) bond motifs is 1. The average molecular weight is 396 g/mol. The molecule has 0 radical (unpaired) electrons. The highest BCUT2D eigenvalue weighted by Crippen LogP contribution is 2.37. The quantitative estimate of drug-likeness (QED) is 0.242. The van der Waals surface area contributed by atoms with Gasteiger partial charge in [0.25, 0.3) is 0 Å². The van der Waals surface area contributed by atoms with Crippen molar-refractivity contribution in [3.63, 3.8) is 0 Å². The fourth-order valence-corrected chi connectivity index (χ4v) is 4.01. The monoisotopic (exact) mass is 395 g/mol. The fourth-order valence-electron chi connectivity index (χ4n) is 2.90. The summed E-state index contributed by atoms with van der Waals surface area (Å²) in [7, 11) is 0.